The maximum absolute atomic E-state index is 12.6. The monoisotopic (exact) mass is 431 g/mol. The average Bonchev–Trinajstić information content (AvgIpc) is 2.71. The first kappa shape index (κ1) is 22.0. The number of nitro benzene ring substituents is 1. The summed E-state index contributed by atoms with van der Waals surface area (Å²) in [5, 5.41) is 14.1. The predicted octanol–water partition coefficient (Wildman–Crippen LogP) is 2.32. The summed E-state index contributed by atoms with van der Waals surface area (Å²) in [4.78, 5) is 41.5. The van der Waals surface area contributed by atoms with Crippen LogP contribution in [0, 0.1) is 10.1 Å². The van der Waals surface area contributed by atoms with Gasteiger partial charge in [0.25, 0.3) is 5.69 Å². The third-order valence-corrected chi connectivity index (χ3v) is 5.94. The number of nitro groups is 1. The van der Waals surface area contributed by atoms with Crippen molar-refractivity contribution in [3.8, 4) is 0 Å². The smallest absolute Gasteiger partial charge is 0.325 e. The van der Waals surface area contributed by atoms with Gasteiger partial charge in [-0.3, -0.25) is 19.5 Å². The van der Waals surface area contributed by atoms with Crippen LogP contribution in [0.2, 0.25) is 0 Å². The Morgan fingerprint density at radius 3 is 2.63 bits per heavy atom. The Kier molecular flexibility index (Phi) is 7.22. The number of hydrogen-bond acceptors (Lipinski definition) is 7. The van der Waals surface area contributed by atoms with E-state index in [1.165, 1.54) is 36.0 Å². The molecule has 3 rings (SSSR count). The van der Waals surface area contributed by atoms with Crippen LogP contribution in [0.4, 0.5) is 11.4 Å². The molecule has 0 bridgehead atoms. The normalized spacial score (nSPS) is 13.2. The quantitative estimate of drug-likeness (QED) is 0.296. The van der Waals surface area contributed by atoms with Crippen molar-refractivity contribution in [3.63, 3.8) is 0 Å². The molecule has 0 unspecified atom stereocenters. The van der Waals surface area contributed by atoms with Crippen LogP contribution in [-0.2, 0) is 24.2 Å². The SMILES string of the molecule is CN(C)CCn1c2c(c(SCC(=O)Nc3ccc([N+](=O)[O-])cc3)nc1=O)CCCC2. The van der Waals surface area contributed by atoms with Gasteiger partial charge in [0.15, 0.2) is 0 Å². The number of nitrogens with zero attached hydrogens (tertiary/aromatic N) is 4. The van der Waals surface area contributed by atoms with E-state index < -0.39 is 4.92 Å². The fourth-order valence-electron chi connectivity index (χ4n) is 3.40. The summed E-state index contributed by atoms with van der Waals surface area (Å²) in [6.45, 7) is 1.37. The summed E-state index contributed by atoms with van der Waals surface area (Å²) >= 11 is 1.26. The first-order valence-corrected chi connectivity index (χ1v) is 10.8. The van der Waals surface area contributed by atoms with Crippen LogP contribution in [0.15, 0.2) is 34.1 Å². The van der Waals surface area contributed by atoms with Gasteiger partial charge in [0.1, 0.15) is 5.03 Å². The Hall–Kier alpha value is -2.72. The van der Waals surface area contributed by atoms with Crippen molar-refractivity contribution < 1.29 is 9.72 Å². The van der Waals surface area contributed by atoms with E-state index in [1.807, 2.05) is 19.0 Å². The third-order valence-electron chi connectivity index (χ3n) is 4.92. The molecule has 2 aromatic rings. The molecule has 10 heteroatoms. The first-order chi connectivity index (χ1) is 14.3. The predicted molar refractivity (Wildman–Crippen MR) is 116 cm³/mol. The molecule has 30 heavy (non-hydrogen) atoms. The van der Waals surface area contributed by atoms with E-state index in [4.69, 9.17) is 0 Å². The van der Waals surface area contributed by atoms with Crippen molar-refractivity contribution >= 4 is 29.0 Å². The van der Waals surface area contributed by atoms with E-state index in [-0.39, 0.29) is 23.0 Å². The standard InChI is InChI=1S/C20H25N5O4S/c1-23(2)11-12-24-17-6-4-3-5-16(17)19(22-20(24)27)30-13-18(26)21-14-7-9-15(10-8-14)25(28)29/h7-10H,3-6,11-13H2,1-2H3,(H,21,26). The van der Waals surface area contributed by atoms with Crippen molar-refractivity contribution in [2.24, 2.45) is 0 Å². The van der Waals surface area contributed by atoms with Gasteiger partial charge in [-0.15, -0.1) is 0 Å². The summed E-state index contributed by atoms with van der Waals surface area (Å²) in [6.07, 6.45) is 3.80. The molecule has 0 radical (unpaired) electrons. The van der Waals surface area contributed by atoms with Gasteiger partial charge in [0.05, 0.1) is 10.7 Å². The zero-order valence-corrected chi connectivity index (χ0v) is 17.9. The Labute approximate surface area is 178 Å². The van der Waals surface area contributed by atoms with Gasteiger partial charge < -0.3 is 10.2 Å². The molecule has 1 aromatic heterocycles. The number of benzene rings is 1. The lowest BCUT2D eigenvalue weighted by Gasteiger charge is -2.23. The maximum Gasteiger partial charge on any atom is 0.348 e. The third kappa shape index (κ3) is 5.45. The maximum atomic E-state index is 12.6. The van der Waals surface area contributed by atoms with Crippen molar-refractivity contribution in [3.05, 3.63) is 56.1 Å². The molecule has 9 nitrogen and oxygen atoms in total. The summed E-state index contributed by atoms with van der Waals surface area (Å²) < 4.78 is 1.77. The van der Waals surface area contributed by atoms with Crippen molar-refractivity contribution in [2.75, 3.05) is 31.7 Å². The second kappa shape index (κ2) is 9.86. The second-order valence-electron chi connectivity index (χ2n) is 7.43. The summed E-state index contributed by atoms with van der Waals surface area (Å²) in [5.41, 5.74) is 2.30. The molecular formula is C20H25N5O4S. The Balaban J connectivity index is 1.70. The lowest BCUT2D eigenvalue weighted by atomic mass is 9.97. The molecule has 1 aromatic carbocycles. The number of hydrogen-bond donors (Lipinski definition) is 1. The number of amides is 1. The van der Waals surface area contributed by atoms with Gasteiger partial charge in [-0.1, -0.05) is 11.8 Å². The molecule has 160 valence electrons. The molecule has 0 saturated carbocycles. The molecule has 0 saturated heterocycles. The van der Waals surface area contributed by atoms with E-state index in [0.29, 0.717) is 17.3 Å². The second-order valence-corrected chi connectivity index (χ2v) is 8.39. The minimum Gasteiger partial charge on any atom is -0.325 e. The van der Waals surface area contributed by atoms with Crippen LogP contribution in [0.1, 0.15) is 24.1 Å². The number of carbonyl (C=O) groups excluding carboxylic acids is 1. The molecular weight excluding hydrogens is 406 g/mol. The summed E-state index contributed by atoms with van der Waals surface area (Å²) in [5.74, 6) is -0.144. The number of fused-ring (bicyclic) bond motifs is 1. The molecule has 0 atom stereocenters. The van der Waals surface area contributed by atoms with Crippen LogP contribution in [-0.4, -0.2) is 51.7 Å². The molecule has 1 amide bonds. The van der Waals surface area contributed by atoms with Crippen molar-refractivity contribution in [2.45, 2.75) is 37.3 Å². The highest BCUT2D eigenvalue weighted by Crippen LogP contribution is 2.28. The lowest BCUT2D eigenvalue weighted by Crippen LogP contribution is -2.33. The van der Waals surface area contributed by atoms with Crippen molar-refractivity contribution in [1.82, 2.24) is 14.5 Å². The van der Waals surface area contributed by atoms with Crippen LogP contribution < -0.4 is 11.0 Å². The number of thioether (sulfide) groups is 1. The zero-order chi connectivity index (χ0) is 21.7. The number of nitrogens with one attached hydrogen (secondary N) is 1. The van der Waals surface area contributed by atoms with Gasteiger partial charge in [0.2, 0.25) is 5.91 Å². The molecule has 1 aliphatic carbocycles. The minimum absolute atomic E-state index is 0.0342. The average molecular weight is 432 g/mol. The first-order valence-electron chi connectivity index (χ1n) is 9.79. The Bertz CT molecular complexity index is 988. The highest BCUT2D eigenvalue weighted by atomic mass is 32.2. The summed E-state index contributed by atoms with van der Waals surface area (Å²) in [6, 6.07) is 5.67. The largest absolute Gasteiger partial charge is 0.348 e. The summed E-state index contributed by atoms with van der Waals surface area (Å²) in [7, 11) is 3.94. The topological polar surface area (TPSA) is 110 Å². The van der Waals surface area contributed by atoms with E-state index in [2.05, 4.69) is 10.3 Å². The van der Waals surface area contributed by atoms with E-state index in [1.54, 1.807) is 4.57 Å². The molecule has 1 N–H and O–H groups in total. The van der Waals surface area contributed by atoms with E-state index in [9.17, 15) is 19.7 Å². The van der Waals surface area contributed by atoms with Gasteiger partial charge in [0, 0.05) is 42.2 Å². The number of likely N-dealkylation sites (N-methyl/N-ethyl adjacent to an activating group) is 1. The van der Waals surface area contributed by atoms with Gasteiger partial charge in [-0.2, -0.15) is 4.98 Å². The number of aromatic nitrogens is 2. The van der Waals surface area contributed by atoms with Crippen LogP contribution in [0.3, 0.4) is 0 Å². The Morgan fingerprint density at radius 1 is 1.27 bits per heavy atom. The molecule has 0 spiro atoms. The lowest BCUT2D eigenvalue weighted by molar-refractivity contribution is -0.384. The number of anilines is 1. The van der Waals surface area contributed by atoms with Crippen LogP contribution in [0.25, 0.3) is 0 Å². The highest BCUT2D eigenvalue weighted by molar-refractivity contribution is 8.00. The number of non-ortho nitro benzene ring substituents is 1. The van der Waals surface area contributed by atoms with E-state index in [0.717, 1.165) is 43.5 Å². The van der Waals surface area contributed by atoms with Gasteiger partial charge >= 0.3 is 5.69 Å². The van der Waals surface area contributed by atoms with Crippen LogP contribution >= 0.6 is 11.8 Å². The molecule has 1 heterocycles. The minimum atomic E-state index is -0.489. The van der Waals surface area contributed by atoms with Gasteiger partial charge in [-0.05, 0) is 51.9 Å². The number of carbonyl (C=O) groups is 1. The highest BCUT2D eigenvalue weighted by Gasteiger charge is 2.21. The van der Waals surface area contributed by atoms with E-state index >= 15 is 0 Å². The number of rotatable bonds is 8. The molecule has 1 aliphatic rings. The molecule has 0 fully saturated rings. The zero-order valence-electron chi connectivity index (χ0n) is 17.1. The fraction of sp³-hybridized carbons (Fsp3) is 0.450. The molecule has 0 aliphatic heterocycles. The fourth-order valence-corrected chi connectivity index (χ4v) is 4.27. The van der Waals surface area contributed by atoms with Crippen molar-refractivity contribution in [1.29, 1.82) is 0 Å². The Morgan fingerprint density at radius 2 is 1.97 bits per heavy atom. The van der Waals surface area contributed by atoms with Gasteiger partial charge in [-0.25, -0.2) is 4.79 Å². The van der Waals surface area contributed by atoms with Crippen LogP contribution in [0.5, 0.6) is 0 Å².